The van der Waals surface area contributed by atoms with Crippen LogP contribution in [0.3, 0.4) is 0 Å². The summed E-state index contributed by atoms with van der Waals surface area (Å²) in [6.07, 6.45) is 0. The summed E-state index contributed by atoms with van der Waals surface area (Å²) in [6, 6.07) is 3.18. The van der Waals surface area contributed by atoms with Crippen LogP contribution in [-0.2, 0) is 14.1 Å². The first-order valence-electron chi connectivity index (χ1n) is 7.50. The van der Waals surface area contributed by atoms with Gasteiger partial charge in [-0.3, -0.25) is 18.7 Å². The first-order valence-corrected chi connectivity index (χ1v) is 7.50. The molecule has 0 saturated carbocycles. The van der Waals surface area contributed by atoms with E-state index in [1.807, 2.05) is 6.92 Å². The van der Waals surface area contributed by atoms with Crippen molar-refractivity contribution < 1.29 is 4.79 Å². The van der Waals surface area contributed by atoms with Crippen molar-refractivity contribution in [1.82, 2.24) is 24.3 Å². The molecule has 0 bridgehead atoms. The fourth-order valence-corrected chi connectivity index (χ4v) is 2.86. The van der Waals surface area contributed by atoms with Gasteiger partial charge in [-0.05, 0) is 19.1 Å². The highest BCUT2D eigenvalue weighted by molar-refractivity contribution is 5.94. The highest BCUT2D eigenvalue weighted by Gasteiger charge is 2.25. The quantitative estimate of drug-likeness (QED) is 0.735. The smallest absolute Gasteiger partial charge is 0.332 e. The number of carbonyl (C=O) groups is 1. The van der Waals surface area contributed by atoms with Gasteiger partial charge < -0.3 is 10.2 Å². The zero-order chi connectivity index (χ0) is 16.7. The number of nitrogens with zero attached hydrogens (tertiary/aromatic N) is 4. The molecule has 8 nitrogen and oxygen atoms in total. The number of aromatic nitrogens is 3. The summed E-state index contributed by atoms with van der Waals surface area (Å²) in [5.41, 5.74) is -0.401. The molecule has 0 aromatic carbocycles. The van der Waals surface area contributed by atoms with Crippen molar-refractivity contribution in [2.24, 2.45) is 14.1 Å². The van der Waals surface area contributed by atoms with Crippen LogP contribution in [0.5, 0.6) is 0 Å². The Kier molecular flexibility index (Phi) is 6.75. The second-order valence-corrected chi connectivity index (χ2v) is 5.83. The highest BCUT2D eigenvalue weighted by atomic mass is 35.5. The van der Waals surface area contributed by atoms with Gasteiger partial charge in [0.25, 0.3) is 11.5 Å². The minimum atomic E-state index is -0.463. The molecule has 0 radical (unpaired) electrons. The maximum Gasteiger partial charge on any atom is 0.332 e. The van der Waals surface area contributed by atoms with E-state index in [4.69, 9.17) is 0 Å². The van der Waals surface area contributed by atoms with E-state index in [0.29, 0.717) is 11.9 Å². The molecule has 138 valence electrons. The van der Waals surface area contributed by atoms with Crippen molar-refractivity contribution in [3.05, 3.63) is 38.7 Å². The molecule has 1 aliphatic heterocycles. The van der Waals surface area contributed by atoms with Gasteiger partial charge in [0.05, 0.1) is 5.39 Å². The van der Waals surface area contributed by atoms with E-state index in [1.165, 1.54) is 11.6 Å². The number of hydrogen-bond donors (Lipinski definition) is 1. The molecule has 1 N–H and O–H groups in total. The van der Waals surface area contributed by atoms with Crippen LogP contribution in [-0.4, -0.2) is 50.6 Å². The second kappa shape index (κ2) is 7.99. The summed E-state index contributed by atoms with van der Waals surface area (Å²) in [7, 11) is 2.96. The third-order valence-corrected chi connectivity index (χ3v) is 4.28. The average Bonchev–Trinajstić information content (AvgIpc) is 2.57. The zero-order valence-corrected chi connectivity index (χ0v) is 15.8. The van der Waals surface area contributed by atoms with E-state index in [1.54, 1.807) is 24.1 Å². The molecule has 10 heteroatoms. The lowest BCUT2D eigenvalue weighted by Gasteiger charge is -2.33. The van der Waals surface area contributed by atoms with Crippen molar-refractivity contribution in [3.63, 3.8) is 0 Å². The van der Waals surface area contributed by atoms with Gasteiger partial charge >= 0.3 is 5.69 Å². The molecule has 0 unspecified atom stereocenters. The maximum absolute atomic E-state index is 12.7. The summed E-state index contributed by atoms with van der Waals surface area (Å²) >= 11 is 0. The van der Waals surface area contributed by atoms with Crippen molar-refractivity contribution in [1.29, 1.82) is 0 Å². The lowest BCUT2D eigenvalue weighted by atomic mass is 10.2. The van der Waals surface area contributed by atoms with Gasteiger partial charge in [-0.25, -0.2) is 9.78 Å². The first-order chi connectivity index (χ1) is 10.9. The van der Waals surface area contributed by atoms with Gasteiger partial charge in [-0.15, -0.1) is 24.8 Å². The average molecular weight is 390 g/mol. The molecule has 2 aromatic heterocycles. The minimum absolute atomic E-state index is 0. The molecule has 1 saturated heterocycles. The second-order valence-electron chi connectivity index (χ2n) is 5.83. The van der Waals surface area contributed by atoms with Crippen molar-refractivity contribution in [3.8, 4) is 0 Å². The summed E-state index contributed by atoms with van der Waals surface area (Å²) in [4.78, 5) is 42.9. The zero-order valence-electron chi connectivity index (χ0n) is 14.2. The number of piperazine rings is 1. The SMILES string of the molecule is C[C@@H]1CNCCN1C(=O)c1ccc2c(=O)n(C)c(=O)n(C)c2n1.Cl.Cl. The predicted octanol–water partition coefficient (Wildman–Crippen LogP) is -0.0903. The highest BCUT2D eigenvalue weighted by Crippen LogP contribution is 2.12. The van der Waals surface area contributed by atoms with Crippen LogP contribution in [0.1, 0.15) is 17.4 Å². The number of rotatable bonds is 1. The van der Waals surface area contributed by atoms with Crippen molar-refractivity contribution >= 4 is 41.8 Å². The van der Waals surface area contributed by atoms with E-state index < -0.39 is 11.2 Å². The molecule has 1 amide bonds. The van der Waals surface area contributed by atoms with Crippen LogP contribution in [0.15, 0.2) is 21.7 Å². The van der Waals surface area contributed by atoms with Crippen molar-refractivity contribution in [2.45, 2.75) is 13.0 Å². The Hall–Kier alpha value is -1.90. The number of nitrogens with one attached hydrogen (secondary N) is 1. The summed E-state index contributed by atoms with van der Waals surface area (Å²) in [5.74, 6) is -0.186. The van der Waals surface area contributed by atoms with Gasteiger partial charge in [0.1, 0.15) is 11.3 Å². The lowest BCUT2D eigenvalue weighted by Crippen LogP contribution is -2.52. The molecule has 25 heavy (non-hydrogen) atoms. The minimum Gasteiger partial charge on any atom is -0.332 e. The van der Waals surface area contributed by atoms with Crippen LogP contribution in [0.25, 0.3) is 11.0 Å². The Labute approximate surface area is 156 Å². The Bertz CT molecular complexity index is 908. The Balaban J connectivity index is 0.00000156. The van der Waals surface area contributed by atoms with E-state index in [-0.39, 0.29) is 48.1 Å². The lowest BCUT2D eigenvalue weighted by molar-refractivity contribution is 0.0650. The largest absolute Gasteiger partial charge is 0.332 e. The van der Waals surface area contributed by atoms with Crippen LogP contribution >= 0.6 is 24.8 Å². The molecular weight excluding hydrogens is 369 g/mol. The molecule has 3 rings (SSSR count). The summed E-state index contributed by atoms with van der Waals surface area (Å²) in [5, 5.41) is 3.55. The molecule has 1 aliphatic rings. The molecule has 0 aliphatic carbocycles. The van der Waals surface area contributed by atoms with Crippen LogP contribution in [0.2, 0.25) is 0 Å². The first kappa shape index (κ1) is 21.1. The van der Waals surface area contributed by atoms with Crippen LogP contribution in [0.4, 0.5) is 0 Å². The number of amides is 1. The number of halogens is 2. The summed E-state index contributed by atoms with van der Waals surface area (Å²) in [6.45, 7) is 4.05. The fraction of sp³-hybridized carbons (Fsp3) is 0.467. The third-order valence-electron chi connectivity index (χ3n) is 4.28. The Morgan fingerprint density at radius 2 is 1.88 bits per heavy atom. The van der Waals surface area contributed by atoms with E-state index >= 15 is 0 Å². The fourth-order valence-electron chi connectivity index (χ4n) is 2.86. The van der Waals surface area contributed by atoms with Gasteiger partial charge in [0.2, 0.25) is 0 Å². The number of pyridine rings is 1. The molecular formula is C15H21Cl2N5O3. The van der Waals surface area contributed by atoms with E-state index in [2.05, 4.69) is 10.3 Å². The molecule has 3 heterocycles. The van der Waals surface area contributed by atoms with Gasteiger partial charge in [0, 0.05) is 39.8 Å². The van der Waals surface area contributed by atoms with E-state index in [0.717, 1.165) is 17.7 Å². The number of carbonyl (C=O) groups excluding carboxylic acids is 1. The standard InChI is InChI=1S/C15H19N5O3.2ClH/c1-9-8-16-6-7-20(9)14(22)11-5-4-10-12(17-11)18(2)15(23)19(3)13(10)21;;/h4-5,9,16H,6-8H2,1-3H3;2*1H/t9-;;/m1../s1. The number of fused-ring (bicyclic) bond motifs is 1. The molecule has 1 atom stereocenters. The van der Waals surface area contributed by atoms with E-state index in [9.17, 15) is 14.4 Å². The normalized spacial score (nSPS) is 16.9. The number of aryl methyl sites for hydroxylation is 1. The molecule has 2 aromatic rings. The molecule has 0 spiro atoms. The molecule has 1 fully saturated rings. The van der Waals surface area contributed by atoms with Crippen LogP contribution < -0.4 is 16.6 Å². The number of hydrogen-bond acceptors (Lipinski definition) is 5. The van der Waals surface area contributed by atoms with Gasteiger partial charge in [-0.2, -0.15) is 0 Å². The monoisotopic (exact) mass is 389 g/mol. The third kappa shape index (κ3) is 3.56. The summed E-state index contributed by atoms with van der Waals surface area (Å²) < 4.78 is 2.32. The van der Waals surface area contributed by atoms with Gasteiger partial charge in [-0.1, -0.05) is 0 Å². The maximum atomic E-state index is 12.7. The van der Waals surface area contributed by atoms with Crippen molar-refractivity contribution in [2.75, 3.05) is 19.6 Å². The predicted molar refractivity (Wildman–Crippen MR) is 100 cm³/mol. The Morgan fingerprint density at radius 3 is 2.52 bits per heavy atom. The van der Waals surface area contributed by atoms with Gasteiger partial charge in [0.15, 0.2) is 0 Å². The van der Waals surface area contributed by atoms with Crippen LogP contribution in [0, 0.1) is 0 Å². The Morgan fingerprint density at radius 1 is 1.20 bits per heavy atom. The topological polar surface area (TPSA) is 89.2 Å².